The van der Waals surface area contributed by atoms with E-state index in [1.807, 2.05) is 25.1 Å². The average Bonchev–Trinajstić information content (AvgIpc) is 2.76. The quantitative estimate of drug-likeness (QED) is 0.797. The molecule has 0 aliphatic carbocycles. The van der Waals surface area contributed by atoms with Crippen molar-refractivity contribution < 1.29 is 4.79 Å². The third-order valence-corrected chi connectivity index (χ3v) is 2.88. The van der Waals surface area contributed by atoms with Crippen LogP contribution in [-0.4, -0.2) is 10.9 Å². The lowest BCUT2D eigenvalue weighted by Gasteiger charge is -2.13. The fraction of sp³-hybridized carbons (Fsp3) is 0.154. The van der Waals surface area contributed by atoms with Gasteiger partial charge in [0.2, 0.25) is 0 Å². The van der Waals surface area contributed by atoms with Gasteiger partial charge in [-0.25, -0.2) is 0 Å². The molecule has 4 N–H and O–H groups in total. The Hall–Kier alpha value is -1.94. The molecule has 0 radical (unpaired) electrons. The summed E-state index contributed by atoms with van der Waals surface area (Å²) in [7, 11) is 0. The Labute approximate surface area is 110 Å². The molecule has 2 rings (SSSR count). The van der Waals surface area contributed by atoms with Crippen molar-refractivity contribution in [3.05, 3.63) is 52.8 Å². The van der Waals surface area contributed by atoms with Crippen LogP contribution in [0.1, 0.15) is 29.0 Å². The van der Waals surface area contributed by atoms with Gasteiger partial charge in [0.25, 0.3) is 5.91 Å². The van der Waals surface area contributed by atoms with Crippen LogP contribution in [0.4, 0.5) is 5.69 Å². The molecule has 0 spiro atoms. The van der Waals surface area contributed by atoms with E-state index in [9.17, 15) is 4.79 Å². The number of nitrogens with two attached hydrogens (primary N) is 1. The topological polar surface area (TPSA) is 70.9 Å². The van der Waals surface area contributed by atoms with Gasteiger partial charge in [-0.1, -0.05) is 23.7 Å². The van der Waals surface area contributed by atoms with Gasteiger partial charge in [0.1, 0.15) is 5.69 Å². The van der Waals surface area contributed by atoms with Crippen LogP contribution in [0.15, 0.2) is 36.5 Å². The number of rotatable bonds is 3. The fourth-order valence-corrected chi connectivity index (χ4v) is 1.87. The van der Waals surface area contributed by atoms with Gasteiger partial charge in [-0.15, -0.1) is 0 Å². The van der Waals surface area contributed by atoms with E-state index in [1.54, 1.807) is 18.3 Å². The highest BCUT2D eigenvalue weighted by atomic mass is 35.5. The Morgan fingerprint density at radius 1 is 1.44 bits per heavy atom. The molecule has 0 fully saturated rings. The highest BCUT2D eigenvalue weighted by molar-refractivity contribution is 6.30. The largest absolute Gasteiger partial charge is 0.397 e. The van der Waals surface area contributed by atoms with Gasteiger partial charge in [0.05, 0.1) is 6.04 Å². The molecular formula is C13H14ClN3O. The van der Waals surface area contributed by atoms with Crippen LogP contribution in [0.3, 0.4) is 0 Å². The number of anilines is 1. The lowest BCUT2D eigenvalue weighted by Crippen LogP contribution is -2.26. The Bertz CT molecular complexity index is 565. The molecule has 1 atom stereocenters. The zero-order valence-corrected chi connectivity index (χ0v) is 10.7. The number of H-pyrrole nitrogens is 1. The molecule has 0 saturated carbocycles. The Morgan fingerprint density at radius 2 is 2.22 bits per heavy atom. The lowest BCUT2D eigenvalue weighted by molar-refractivity contribution is 0.0935. The summed E-state index contributed by atoms with van der Waals surface area (Å²) in [6.07, 6.45) is 1.58. The smallest absolute Gasteiger partial charge is 0.268 e. The molecule has 2 aromatic rings. The normalized spacial score (nSPS) is 12.1. The predicted octanol–water partition coefficient (Wildman–Crippen LogP) is 2.74. The molecule has 1 aromatic heterocycles. The Balaban J connectivity index is 2.07. The van der Waals surface area contributed by atoms with Crippen molar-refractivity contribution >= 4 is 23.2 Å². The maximum atomic E-state index is 11.9. The number of aromatic amines is 1. The molecule has 1 unspecified atom stereocenters. The van der Waals surface area contributed by atoms with E-state index >= 15 is 0 Å². The van der Waals surface area contributed by atoms with Crippen molar-refractivity contribution in [3.63, 3.8) is 0 Å². The first-order valence-electron chi connectivity index (χ1n) is 5.56. The van der Waals surface area contributed by atoms with E-state index in [1.165, 1.54) is 0 Å². The third-order valence-electron chi connectivity index (χ3n) is 2.65. The van der Waals surface area contributed by atoms with Crippen molar-refractivity contribution in [2.24, 2.45) is 0 Å². The lowest BCUT2D eigenvalue weighted by atomic mass is 10.1. The summed E-state index contributed by atoms with van der Waals surface area (Å²) in [6, 6.07) is 8.87. The van der Waals surface area contributed by atoms with Gasteiger partial charge < -0.3 is 16.0 Å². The minimum absolute atomic E-state index is 0.124. The molecule has 1 heterocycles. The maximum absolute atomic E-state index is 11.9. The molecule has 1 aromatic carbocycles. The van der Waals surface area contributed by atoms with Gasteiger partial charge >= 0.3 is 0 Å². The van der Waals surface area contributed by atoms with E-state index in [0.717, 1.165) is 5.56 Å². The van der Waals surface area contributed by atoms with Gasteiger partial charge in [0.15, 0.2) is 0 Å². The molecule has 94 valence electrons. The van der Waals surface area contributed by atoms with Crippen LogP contribution >= 0.6 is 11.6 Å². The summed E-state index contributed by atoms with van der Waals surface area (Å²) in [5, 5.41) is 3.52. The molecule has 0 bridgehead atoms. The number of amides is 1. The first kappa shape index (κ1) is 12.5. The zero-order valence-electron chi connectivity index (χ0n) is 9.91. The van der Waals surface area contributed by atoms with Gasteiger partial charge in [-0.2, -0.15) is 0 Å². The molecule has 1 amide bonds. The molecule has 0 saturated heterocycles. The number of benzene rings is 1. The number of hydrogen-bond acceptors (Lipinski definition) is 2. The molecular weight excluding hydrogens is 250 g/mol. The van der Waals surface area contributed by atoms with Gasteiger partial charge in [0, 0.05) is 16.9 Å². The highest BCUT2D eigenvalue weighted by Gasteiger charge is 2.12. The third kappa shape index (κ3) is 2.84. The minimum Gasteiger partial charge on any atom is -0.397 e. The SMILES string of the molecule is CC(NC(=O)c1cc(N)c[nH]1)c1cccc(Cl)c1. The van der Waals surface area contributed by atoms with E-state index in [-0.39, 0.29) is 11.9 Å². The van der Waals surface area contributed by atoms with E-state index in [2.05, 4.69) is 10.3 Å². The highest BCUT2D eigenvalue weighted by Crippen LogP contribution is 2.17. The summed E-state index contributed by atoms with van der Waals surface area (Å²) < 4.78 is 0. The van der Waals surface area contributed by atoms with Crippen LogP contribution in [0, 0.1) is 0 Å². The second-order valence-electron chi connectivity index (χ2n) is 4.10. The summed E-state index contributed by atoms with van der Waals surface area (Å²) in [6.45, 7) is 1.90. The molecule has 0 aliphatic rings. The van der Waals surface area contributed by atoms with Crippen LogP contribution in [0.2, 0.25) is 5.02 Å². The molecule has 0 aliphatic heterocycles. The monoisotopic (exact) mass is 263 g/mol. The number of halogens is 1. The Kier molecular flexibility index (Phi) is 3.58. The van der Waals surface area contributed by atoms with E-state index < -0.39 is 0 Å². The standard InChI is InChI=1S/C13H14ClN3O/c1-8(9-3-2-4-10(14)5-9)17-13(18)12-6-11(15)7-16-12/h2-8,16H,15H2,1H3,(H,17,18). The second-order valence-corrected chi connectivity index (χ2v) is 4.53. The first-order chi connectivity index (χ1) is 8.56. The van der Waals surface area contributed by atoms with Crippen molar-refractivity contribution in [3.8, 4) is 0 Å². The fourth-order valence-electron chi connectivity index (χ4n) is 1.68. The summed E-state index contributed by atoms with van der Waals surface area (Å²) >= 11 is 5.91. The summed E-state index contributed by atoms with van der Waals surface area (Å²) in [5.41, 5.74) is 7.49. The van der Waals surface area contributed by atoms with Crippen molar-refractivity contribution in [1.82, 2.24) is 10.3 Å². The second kappa shape index (κ2) is 5.14. The van der Waals surface area contributed by atoms with Gasteiger partial charge in [-0.05, 0) is 30.7 Å². The number of carbonyl (C=O) groups excluding carboxylic acids is 1. The van der Waals surface area contributed by atoms with Crippen molar-refractivity contribution in [2.45, 2.75) is 13.0 Å². The molecule has 4 nitrogen and oxygen atoms in total. The maximum Gasteiger partial charge on any atom is 0.268 e. The van der Waals surface area contributed by atoms with Crippen molar-refractivity contribution in [2.75, 3.05) is 5.73 Å². The van der Waals surface area contributed by atoms with Crippen LogP contribution in [0.25, 0.3) is 0 Å². The number of carbonyl (C=O) groups is 1. The average molecular weight is 264 g/mol. The number of nitrogens with one attached hydrogen (secondary N) is 2. The van der Waals surface area contributed by atoms with Crippen LogP contribution in [0.5, 0.6) is 0 Å². The minimum atomic E-state index is -0.195. The number of hydrogen-bond donors (Lipinski definition) is 3. The predicted molar refractivity (Wildman–Crippen MR) is 72.5 cm³/mol. The summed E-state index contributed by atoms with van der Waals surface area (Å²) in [4.78, 5) is 14.7. The van der Waals surface area contributed by atoms with Gasteiger partial charge in [-0.3, -0.25) is 4.79 Å². The first-order valence-corrected chi connectivity index (χ1v) is 5.94. The number of aromatic nitrogens is 1. The van der Waals surface area contributed by atoms with Crippen LogP contribution in [-0.2, 0) is 0 Å². The molecule has 5 heteroatoms. The number of nitrogen functional groups attached to an aromatic ring is 1. The van der Waals surface area contributed by atoms with Crippen molar-refractivity contribution in [1.29, 1.82) is 0 Å². The Morgan fingerprint density at radius 3 is 2.83 bits per heavy atom. The van der Waals surface area contributed by atoms with Crippen LogP contribution < -0.4 is 11.1 Å². The van der Waals surface area contributed by atoms with E-state index in [0.29, 0.717) is 16.4 Å². The zero-order chi connectivity index (χ0) is 13.1. The van der Waals surface area contributed by atoms with E-state index in [4.69, 9.17) is 17.3 Å². The summed E-state index contributed by atoms with van der Waals surface area (Å²) in [5.74, 6) is -0.195. The molecule has 18 heavy (non-hydrogen) atoms.